The second-order valence-electron chi connectivity index (χ2n) is 6.82. The van der Waals surface area contributed by atoms with Crippen LogP contribution in [0.2, 0.25) is 0 Å². The molecule has 3 N–H and O–H groups in total. The first kappa shape index (κ1) is 19.2. The van der Waals surface area contributed by atoms with Crippen molar-refractivity contribution in [3.05, 3.63) is 48.4 Å². The van der Waals surface area contributed by atoms with Crippen molar-refractivity contribution in [3.63, 3.8) is 0 Å². The Balaban J connectivity index is 1.85. The number of carbonyl (C=O) groups excluding carboxylic acids is 3. The van der Waals surface area contributed by atoms with Gasteiger partial charge in [-0.2, -0.15) is 0 Å². The van der Waals surface area contributed by atoms with E-state index in [1.54, 1.807) is 36.4 Å². The Morgan fingerprint density at radius 2 is 1.69 bits per heavy atom. The minimum Gasteiger partial charge on any atom is -0.459 e. The molecule has 0 saturated carbocycles. The van der Waals surface area contributed by atoms with E-state index in [4.69, 9.17) is 4.42 Å². The van der Waals surface area contributed by atoms with Crippen molar-refractivity contribution in [2.75, 3.05) is 17.2 Å². The fraction of sp³-hybridized carbons (Fsp3) is 0.316. The first-order chi connectivity index (χ1) is 12.3. The fourth-order valence-corrected chi connectivity index (χ4v) is 2.05. The SMILES string of the molecule is CC(C)(C)C(=O)NCCC(=O)Nc1cccc(NC(=O)c2ccco2)c1. The maximum atomic E-state index is 12.0. The summed E-state index contributed by atoms with van der Waals surface area (Å²) in [6, 6.07) is 9.98. The molecule has 0 aliphatic carbocycles. The average Bonchev–Trinajstić information content (AvgIpc) is 3.08. The summed E-state index contributed by atoms with van der Waals surface area (Å²) in [6.07, 6.45) is 1.58. The Morgan fingerprint density at radius 3 is 2.31 bits per heavy atom. The van der Waals surface area contributed by atoms with Gasteiger partial charge in [-0.25, -0.2) is 0 Å². The largest absolute Gasteiger partial charge is 0.459 e. The number of hydrogen-bond donors (Lipinski definition) is 3. The highest BCUT2D eigenvalue weighted by molar-refractivity contribution is 6.02. The molecule has 2 aromatic rings. The predicted molar refractivity (Wildman–Crippen MR) is 98.8 cm³/mol. The molecule has 0 aliphatic heterocycles. The van der Waals surface area contributed by atoms with Crippen LogP contribution in [-0.2, 0) is 9.59 Å². The predicted octanol–water partition coefficient (Wildman–Crippen LogP) is 3.02. The third kappa shape index (κ3) is 5.77. The van der Waals surface area contributed by atoms with E-state index in [2.05, 4.69) is 16.0 Å². The van der Waals surface area contributed by atoms with Crippen LogP contribution in [-0.4, -0.2) is 24.3 Å². The van der Waals surface area contributed by atoms with Gasteiger partial charge in [-0.1, -0.05) is 26.8 Å². The summed E-state index contributed by atoms with van der Waals surface area (Å²) in [5.74, 6) is -0.501. The molecule has 1 aromatic carbocycles. The molecule has 138 valence electrons. The van der Waals surface area contributed by atoms with Crippen LogP contribution in [0.25, 0.3) is 0 Å². The Hall–Kier alpha value is -3.09. The molecule has 0 saturated heterocycles. The quantitative estimate of drug-likeness (QED) is 0.740. The molecule has 2 rings (SSSR count). The highest BCUT2D eigenvalue weighted by Gasteiger charge is 2.20. The van der Waals surface area contributed by atoms with Crippen molar-refractivity contribution in [1.29, 1.82) is 0 Å². The molecule has 0 radical (unpaired) electrons. The number of nitrogens with one attached hydrogen (secondary N) is 3. The summed E-state index contributed by atoms with van der Waals surface area (Å²) >= 11 is 0. The van der Waals surface area contributed by atoms with Crippen LogP contribution >= 0.6 is 0 Å². The third-order valence-corrected chi connectivity index (χ3v) is 3.47. The van der Waals surface area contributed by atoms with Crippen LogP contribution in [0.1, 0.15) is 37.7 Å². The molecule has 7 heteroatoms. The third-order valence-electron chi connectivity index (χ3n) is 3.47. The van der Waals surface area contributed by atoms with Crippen LogP contribution in [0, 0.1) is 5.41 Å². The number of furan rings is 1. The van der Waals surface area contributed by atoms with E-state index in [9.17, 15) is 14.4 Å². The average molecular weight is 357 g/mol. The molecular formula is C19H23N3O4. The Labute approximate surface area is 152 Å². The Kier molecular flexibility index (Phi) is 6.16. The lowest BCUT2D eigenvalue weighted by Gasteiger charge is -2.17. The van der Waals surface area contributed by atoms with Crippen LogP contribution in [0.5, 0.6) is 0 Å². The first-order valence-corrected chi connectivity index (χ1v) is 8.29. The molecule has 7 nitrogen and oxygen atoms in total. The number of benzene rings is 1. The summed E-state index contributed by atoms with van der Waals surface area (Å²) in [5, 5.41) is 8.15. The molecule has 0 spiro atoms. The molecule has 3 amide bonds. The van der Waals surface area contributed by atoms with Gasteiger partial charge in [0.25, 0.3) is 5.91 Å². The molecular weight excluding hydrogens is 334 g/mol. The van der Waals surface area contributed by atoms with E-state index >= 15 is 0 Å². The van der Waals surface area contributed by atoms with Gasteiger partial charge in [0.2, 0.25) is 11.8 Å². The van der Waals surface area contributed by atoms with Gasteiger partial charge in [0.1, 0.15) is 0 Å². The minimum atomic E-state index is -0.489. The lowest BCUT2D eigenvalue weighted by Crippen LogP contribution is -2.36. The summed E-state index contributed by atoms with van der Waals surface area (Å²) in [6.45, 7) is 5.69. The van der Waals surface area contributed by atoms with E-state index < -0.39 is 5.41 Å². The van der Waals surface area contributed by atoms with E-state index in [-0.39, 0.29) is 36.4 Å². The zero-order valence-corrected chi connectivity index (χ0v) is 15.1. The number of anilines is 2. The van der Waals surface area contributed by atoms with Crippen molar-refractivity contribution < 1.29 is 18.8 Å². The molecule has 1 heterocycles. The molecule has 0 fully saturated rings. The van der Waals surface area contributed by atoms with E-state index in [0.717, 1.165) is 0 Å². The molecule has 26 heavy (non-hydrogen) atoms. The smallest absolute Gasteiger partial charge is 0.291 e. The van der Waals surface area contributed by atoms with E-state index in [1.807, 2.05) is 20.8 Å². The van der Waals surface area contributed by atoms with Gasteiger partial charge in [-0.3, -0.25) is 14.4 Å². The van der Waals surface area contributed by atoms with Crippen molar-refractivity contribution in [3.8, 4) is 0 Å². The highest BCUT2D eigenvalue weighted by Crippen LogP contribution is 2.17. The Bertz CT molecular complexity index is 776. The van der Waals surface area contributed by atoms with Gasteiger partial charge in [0.05, 0.1) is 6.26 Å². The van der Waals surface area contributed by atoms with Gasteiger partial charge >= 0.3 is 0 Å². The highest BCUT2D eigenvalue weighted by atomic mass is 16.3. The number of carbonyl (C=O) groups is 3. The second-order valence-corrected chi connectivity index (χ2v) is 6.82. The summed E-state index contributed by atoms with van der Waals surface area (Å²) in [7, 11) is 0. The van der Waals surface area contributed by atoms with Crippen molar-refractivity contribution >= 4 is 29.1 Å². The molecule has 0 bridgehead atoms. The maximum absolute atomic E-state index is 12.0. The molecule has 1 aromatic heterocycles. The lowest BCUT2D eigenvalue weighted by atomic mass is 9.96. The van der Waals surface area contributed by atoms with Crippen molar-refractivity contribution in [1.82, 2.24) is 5.32 Å². The zero-order valence-electron chi connectivity index (χ0n) is 15.1. The van der Waals surface area contributed by atoms with Gasteiger partial charge in [0, 0.05) is 29.8 Å². The topological polar surface area (TPSA) is 100 Å². The fourth-order valence-electron chi connectivity index (χ4n) is 2.05. The number of rotatable bonds is 6. The summed E-state index contributed by atoms with van der Waals surface area (Å²) < 4.78 is 5.03. The van der Waals surface area contributed by atoms with Gasteiger partial charge < -0.3 is 20.4 Å². The minimum absolute atomic E-state index is 0.104. The van der Waals surface area contributed by atoms with Crippen LogP contribution in [0.15, 0.2) is 47.1 Å². The van der Waals surface area contributed by atoms with Crippen LogP contribution < -0.4 is 16.0 Å². The maximum Gasteiger partial charge on any atom is 0.291 e. The van der Waals surface area contributed by atoms with Crippen molar-refractivity contribution in [2.24, 2.45) is 5.41 Å². The normalized spacial score (nSPS) is 10.9. The van der Waals surface area contributed by atoms with E-state index in [1.165, 1.54) is 6.26 Å². The van der Waals surface area contributed by atoms with Crippen LogP contribution in [0.4, 0.5) is 11.4 Å². The molecule has 0 atom stereocenters. The molecule has 0 unspecified atom stereocenters. The Morgan fingerprint density at radius 1 is 1.00 bits per heavy atom. The standard InChI is InChI=1S/C19H23N3O4/c1-19(2,3)18(25)20-10-9-16(23)21-13-6-4-7-14(12-13)22-17(24)15-8-5-11-26-15/h4-8,11-12H,9-10H2,1-3H3,(H,20,25)(H,21,23)(H,22,24). The zero-order chi connectivity index (χ0) is 19.2. The van der Waals surface area contributed by atoms with Gasteiger partial charge in [-0.05, 0) is 30.3 Å². The van der Waals surface area contributed by atoms with Crippen molar-refractivity contribution in [2.45, 2.75) is 27.2 Å². The summed E-state index contributed by atoms with van der Waals surface area (Å²) in [5.41, 5.74) is 0.594. The van der Waals surface area contributed by atoms with Crippen LogP contribution in [0.3, 0.4) is 0 Å². The summed E-state index contributed by atoms with van der Waals surface area (Å²) in [4.78, 5) is 35.7. The van der Waals surface area contributed by atoms with E-state index in [0.29, 0.717) is 11.4 Å². The number of amides is 3. The second kappa shape index (κ2) is 8.33. The monoisotopic (exact) mass is 357 g/mol. The van der Waals surface area contributed by atoms with Gasteiger partial charge in [0.15, 0.2) is 5.76 Å². The number of hydrogen-bond acceptors (Lipinski definition) is 4. The first-order valence-electron chi connectivity index (χ1n) is 8.29. The molecule has 0 aliphatic rings. The van der Waals surface area contributed by atoms with Gasteiger partial charge in [-0.15, -0.1) is 0 Å². The lowest BCUT2D eigenvalue weighted by molar-refractivity contribution is -0.128.